The Kier molecular flexibility index (Phi) is 3.88. The van der Waals surface area contributed by atoms with Gasteiger partial charge in [-0.2, -0.15) is 0 Å². The zero-order valence-electron chi connectivity index (χ0n) is 12.1. The van der Waals surface area contributed by atoms with Gasteiger partial charge in [-0.3, -0.25) is 0 Å². The predicted octanol–water partition coefficient (Wildman–Crippen LogP) is 4.56. The number of furan rings is 1. The van der Waals surface area contributed by atoms with Crippen molar-refractivity contribution in [1.82, 2.24) is 0 Å². The summed E-state index contributed by atoms with van der Waals surface area (Å²) in [5.41, 5.74) is 0.481. The van der Waals surface area contributed by atoms with Crippen molar-refractivity contribution in [3.05, 3.63) is 78.8 Å². The summed E-state index contributed by atoms with van der Waals surface area (Å²) in [7, 11) is -3.75. The number of rotatable bonds is 4. The van der Waals surface area contributed by atoms with Gasteiger partial charge in [-0.05, 0) is 42.5 Å². The SMILES string of the molecule is C=Cc1cc(S(=O)(=O)c2ccccc2)c(-c2ccc(F)cc2)o1. The second kappa shape index (κ2) is 5.85. The fourth-order valence-electron chi connectivity index (χ4n) is 2.22. The first-order valence-electron chi connectivity index (χ1n) is 6.85. The molecule has 0 aliphatic carbocycles. The summed E-state index contributed by atoms with van der Waals surface area (Å²) in [6, 6.07) is 15.0. The Bertz CT molecular complexity index is 940. The molecule has 5 heteroatoms. The summed E-state index contributed by atoms with van der Waals surface area (Å²) in [6.45, 7) is 3.60. The minimum atomic E-state index is -3.75. The van der Waals surface area contributed by atoms with Crippen molar-refractivity contribution in [2.75, 3.05) is 0 Å². The van der Waals surface area contributed by atoms with Crippen LogP contribution in [0.15, 0.2) is 81.5 Å². The standard InChI is InChI=1S/C18H13FO3S/c1-2-15-12-17(23(20,21)16-6-4-3-5-7-16)18(22-15)13-8-10-14(19)11-9-13/h2-12H,1H2. The van der Waals surface area contributed by atoms with Crippen LogP contribution in [0, 0.1) is 5.82 Å². The fourth-order valence-corrected chi connectivity index (χ4v) is 3.67. The second-order valence-corrected chi connectivity index (χ2v) is 6.79. The first-order valence-corrected chi connectivity index (χ1v) is 8.33. The van der Waals surface area contributed by atoms with E-state index in [1.807, 2.05) is 0 Å². The highest BCUT2D eigenvalue weighted by molar-refractivity contribution is 7.91. The molecule has 0 unspecified atom stereocenters. The van der Waals surface area contributed by atoms with Crippen LogP contribution in [0.4, 0.5) is 4.39 Å². The molecule has 0 amide bonds. The van der Waals surface area contributed by atoms with E-state index >= 15 is 0 Å². The van der Waals surface area contributed by atoms with Crippen LogP contribution in [0.2, 0.25) is 0 Å². The highest BCUT2D eigenvalue weighted by Gasteiger charge is 2.26. The van der Waals surface area contributed by atoms with Crippen molar-refractivity contribution in [1.29, 1.82) is 0 Å². The van der Waals surface area contributed by atoms with E-state index < -0.39 is 15.7 Å². The topological polar surface area (TPSA) is 47.3 Å². The molecule has 23 heavy (non-hydrogen) atoms. The molecule has 3 aromatic rings. The smallest absolute Gasteiger partial charge is 0.210 e. The molecule has 3 nitrogen and oxygen atoms in total. The molecule has 0 saturated heterocycles. The summed E-state index contributed by atoms with van der Waals surface area (Å²) in [6.07, 6.45) is 1.43. The van der Waals surface area contributed by atoms with Crippen LogP contribution in [0.3, 0.4) is 0 Å². The van der Waals surface area contributed by atoms with Crippen molar-refractivity contribution in [2.24, 2.45) is 0 Å². The molecule has 2 aromatic carbocycles. The summed E-state index contributed by atoms with van der Waals surface area (Å²) in [5.74, 6) is 0.0966. The lowest BCUT2D eigenvalue weighted by molar-refractivity contribution is 0.562. The molecular weight excluding hydrogens is 315 g/mol. The Labute approximate surface area is 133 Å². The monoisotopic (exact) mass is 328 g/mol. The van der Waals surface area contributed by atoms with Crippen LogP contribution in [0.25, 0.3) is 17.4 Å². The zero-order chi connectivity index (χ0) is 16.4. The van der Waals surface area contributed by atoms with E-state index in [4.69, 9.17) is 4.42 Å². The maximum Gasteiger partial charge on any atom is 0.210 e. The van der Waals surface area contributed by atoms with Crippen LogP contribution < -0.4 is 0 Å². The van der Waals surface area contributed by atoms with E-state index in [1.54, 1.807) is 18.2 Å². The Balaban J connectivity index is 2.22. The van der Waals surface area contributed by atoms with Gasteiger partial charge in [0.2, 0.25) is 9.84 Å². The van der Waals surface area contributed by atoms with Crippen molar-refractivity contribution in [3.8, 4) is 11.3 Å². The first-order chi connectivity index (χ1) is 11.0. The van der Waals surface area contributed by atoms with Gasteiger partial charge in [0.25, 0.3) is 0 Å². The molecule has 0 atom stereocenters. The van der Waals surface area contributed by atoms with Crippen LogP contribution in [-0.4, -0.2) is 8.42 Å². The number of halogens is 1. The van der Waals surface area contributed by atoms with Crippen molar-refractivity contribution >= 4 is 15.9 Å². The van der Waals surface area contributed by atoms with Gasteiger partial charge in [0.05, 0.1) is 4.90 Å². The largest absolute Gasteiger partial charge is 0.455 e. The second-order valence-electron chi connectivity index (χ2n) is 4.87. The molecule has 0 spiro atoms. The van der Waals surface area contributed by atoms with Crippen LogP contribution in [0.5, 0.6) is 0 Å². The first kappa shape index (κ1) is 15.2. The lowest BCUT2D eigenvalue weighted by Crippen LogP contribution is -2.01. The Hall–Kier alpha value is -2.66. The number of benzene rings is 2. The minimum absolute atomic E-state index is 0.0326. The Morgan fingerprint density at radius 1 is 1.00 bits per heavy atom. The molecule has 0 aliphatic rings. The maximum absolute atomic E-state index is 13.1. The zero-order valence-corrected chi connectivity index (χ0v) is 12.9. The van der Waals surface area contributed by atoms with E-state index in [0.29, 0.717) is 11.3 Å². The van der Waals surface area contributed by atoms with E-state index in [1.165, 1.54) is 48.5 Å². The Morgan fingerprint density at radius 2 is 1.65 bits per heavy atom. The third-order valence-corrected chi connectivity index (χ3v) is 5.14. The van der Waals surface area contributed by atoms with E-state index in [-0.39, 0.29) is 15.6 Å². The summed E-state index contributed by atoms with van der Waals surface area (Å²) in [5, 5.41) is 0. The number of hydrogen-bond acceptors (Lipinski definition) is 3. The lowest BCUT2D eigenvalue weighted by Gasteiger charge is -2.05. The average Bonchev–Trinajstić information content (AvgIpc) is 3.01. The molecule has 0 bridgehead atoms. The summed E-state index contributed by atoms with van der Waals surface area (Å²) < 4.78 is 44.4. The quantitative estimate of drug-likeness (QED) is 0.705. The lowest BCUT2D eigenvalue weighted by atomic mass is 10.2. The van der Waals surface area contributed by atoms with Gasteiger partial charge >= 0.3 is 0 Å². The molecule has 116 valence electrons. The van der Waals surface area contributed by atoms with Gasteiger partial charge in [0, 0.05) is 11.6 Å². The number of sulfone groups is 1. The van der Waals surface area contributed by atoms with Gasteiger partial charge in [0.1, 0.15) is 16.5 Å². The predicted molar refractivity (Wildman–Crippen MR) is 86.1 cm³/mol. The van der Waals surface area contributed by atoms with E-state index in [2.05, 4.69) is 6.58 Å². The van der Waals surface area contributed by atoms with Gasteiger partial charge in [-0.25, -0.2) is 12.8 Å². The average molecular weight is 328 g/mol. The molecular formula is C18H13FO3S. The van der Waals surface area contributed by atoms with E-state index in [9.17, 15) is 12.8 Å². The molecule has 3 rings (SSSR count). The third kappa shape index (κ3) is 2.83. The molecule has 0 fully saturated rings. The van der Waals surface area contributed by atoms with Gasteiger partial charge in [0.15, 0.2) is 5.76 Å². The maximum atomic E-state index is 13.1. The van der Waals surface area contributed by atoms with Gasteiger partial charge in [-0.1, -0.05) is 24.8 Å². The van der Waals surface area contributed by atoms with Gasteiger partial charge in [-0.15, -0.1) is 0 Å². The van der Waals surface area contributed by atoms with Crippen molar-refractivity contribution < 1.29 is 17.2 Å². The molecule has 1 heterocycles. The van der Waals surface area contributed by atoms with Crippen molar-refractivity contribution in [2.45, 2.75) is 9.79 Å². The van der Waals surface area contributed by atoms with Crippen LogP contribution >= 0.6 is 0 Å². The molecule has 0 aliphatic heterocycles. The molecule has 0 N–H and O–H groups in total. The van der Waals surface area contributed by atoms with Crippen LogP contribution in [0.1, 0.15) is 5.76 Å². The number of hydrogen-bond donors (Lipinski definition) is 0. The highest BCUT2D eigenvalue weighted by Crippen LogP contribution is 2.34. The fraction of sp³-hybridized carbons (Fsp3) is 0. The third-order valence-electron chi connectivity index (χ3n) is 3.37. The van der Waals surface area contributed by atoms with E-state index in [0.717, 1.165) is 0 Å². The summed E-state index contributed by atoms with van der Waals surface area (Å²) in [4.78, 5) is 0.199. The normalized spacial score (nSPS) is 11.3. The molecule has 0 saturated carbocycles. The Morgan fingerprint density at radius 3 is 2.26 bits per heavy atom. The molecule has 1 aromatic heterocycles. The van der Waals surface area contributed by atoms with Crippen molar-refractivity contribution in [3.63, 3.8) is 0 Å². The van der Waals surface area contributed by atoms with Crippen LogP contribution in [-0.2, 0) is 9.84 Å². The summed E-state index contributed by atoms with van der Waals surface area (Å²) >= 11 is 0. The molecule has 0 radical (unpaired) electrons. The minimum Gasteiger partial charge on any atom is -0.455 e. The highest BCUT2D eigenvalue weighted by atomic mass is 32.2. The van der Waals surface area contributed by atoms with Gasteiger partial charge < -0.3 is 4.42 Å².